The Labute approximate surface area is 228 Å². The number of benzene rings is 2. The van der Waals surface area contributed by atoms with Crippen LogP contribution >= 0.6 is 23.2 Å². The quantitative estimate of drug-likeness (QED) is 0.398. The highest BCUT2D eigenvalue weighted by Gasteiger charge is 2.22. The van der Waals surface area contributed by atoms with Crippen LogP contribution in [0.25, 0.3) is 0 Å². The molecule has 2 saturated heterocycles. The second kappa shape index (κ2) is 13.0. The van der Waals surface area contributed by atoms with Crippen molar-refractivity contribution in [1.82, 2.24) is 9.80 Å². The van der Waals surface area contributed by atoms with E-state index in [1.165, 1.54) is 36.4 Å². The molecule has 0 aromatic heterocycles. The number of aliphatic hydroxyl groups excluding tert-OH is 2. The van der Waals surface area contributed by atoms with Crippen LogP contribution in [0.1, 0.15) is 25.7 Å². The fourth-order valence-electron chi connectivity index (χ4n) is 4.67. The third kappa shape index (κ3) is 7.72. The minimum Gasteiger partial charge on any atom is -0.489 e. The van der Waals surface area contributed by atoms with Gasteiger partial charge in [0.25, 0.3) is 0 Å². The molecule has 0 amide bonds. The fourth-order valence-corrected chi connectivity index (χ4v) is 6.58. The van der Waals surface area contributed by atoms with Crippen LogP contribution in [-0.2, 0) is 9.84 Å². The van der Waals surface area contributed by atoms with Gasteiger partial charge in [0.2, 0.25) is 9.84 Å². The van der Waals surface area contributed by atoms with Crippen LogP contribution in [-0.4, -0.2) is 93.1 Å². The number of halogens is 2. The number of hydrogen-bond donors (Lipinski definition) is 2. The summed E-state index contributed by atoms with van der Waals surface area (Å²) in [5.74, 6) is 0.603. The molecule has 0 bridgehead atoms. The van der Waals surface area contributed by atoms with Gasteiger partial charge in [-0.2, -0.15) is 0 Å². The third-order valence-electron chi connectivity index (χ3n) is 6.63. The molecule has 0 radical (unpaired) electrons. The van der Waals surface area contributed by atoms with E-state index in [1.807, 2.05) is 0 Å². The minimum atomic E-state index is -3.90. The zero-order valence-corrected chi connectivity index (χ0v) is 23.0. The SMILES string of the molecule is O=S(=O)(c1ccc(OC[C@H](O)CN2CCCC2)c(Cl)c1)c1ccc(OC[C@H](O)CN2CCCC2)c(Cl)c1. The molecule has 2 aliphatic rings. The zero-order valence-electron chi connectivity index (χ0n) is 20.7. The molecule has 2 aromatic rings. The molecule has 37 heavy (non-hydrogen) atoms. The van der Waals surface area contributed by atoms with Crippen LogP contribution in [0.15, 0.2) is 46.2 Å². The van der Waals surface area contributed by atoms with Crippen molar-refractivity contribution in [2.75, 3.05) is 52.5 Å². The summed E-state index contributed by atoms with van der Waals surface area (Å²) in [6.45, 7) is 5.08. The van der Waals surface area contributed by atoms with Gasteiger partial charge in [0.05, 0.1) is 19.8 Å². The van der Waals surface area contributed by atoms with Gasteiger partial charge >= 0.3 is 0 Å². The maximum Gasteiger partial charge on any atom is 0.206 e. The standard InChI is InChI=1S/C26H34Cl2N2O6S/c27-23-13-21(5-7-25(23)35-17-19(31)15-29-9-1-2-10-29)37(33,34)22-6-8-26(24(28)14-22)36-18-20(32)16-30-11-3-4-12-30/h5-8,13-14,19-20,31-32H,1-4,9-12,15-18H2/t19-,20-/m1/s1. The number of sulfone groups is 1. The Balaban J connectivity index is 1.35. The molecule has 8 nitrogen and oxygen atoms in total. The number of hydrogen-bond acceptors (Lipinski definition) is 8. The average molecular weight is 574 g/mol. The van der Waals surface area contributed by atoms with Gasteiger partial charge in [-0.15, -0.1) is 0 Å². The number of rotatable bonds is 12. The lowest BCUT2D eigenvalue weighted by molar-refractivity contribution is 0.0758. The normalized spacial score (nSPS) is 18.7. The number of likely N-dealkylation sites (tertiary alicyclic amines) is 2. The minimum absolute atomic E-state index is 0.00626. The van der Waals surface area contributed by atoms with Gasteiger partial charge in [0.1, 0.15) is 36.9 Å². The van der Waals surface area contributed by atoms with Gasteiger partial charge in [0, 0.05) is 13.1 Å². The number of β-amino-alcohol motifs (C(OH)–C–C–N with tert-alkyl or cyclic N) is 2. The van der Waals surface area contributed by atoms with E-state index in [4.69, 9.17) is 32.7 Å². The van der Waals surface area contributed by atoms with Gasteiger partial charge in [0.15, 0.2) is 0 Å². The van der Waals surface area contributed by atoms with Crippen molar-refractivity contribution in [2.24, 2.45) is 0 Å². The fraction of sp³-hybridized carbons (Fsp3) is 0.538. The molecule has 204 valence electrons. The van der Waals surface area contributed by atoms with Crippen LogP contribution < -0.4 is 9.47 Å². The van der Waals surface area contributed by atoms with Gasteiger partial charge < -0.3 is 29.5 Å². The van der Waals surface area contributed by atoms with Crippen molar-refractivity contribution in [3.05, 3.63) is 46.4 Å². The highest BCUT2D eigenvalue weighted by atomic mass is 35.5. The molecular weight excluding hydrogens is 539 g/mol. The predicted molar refractivity (Wildman–Crippen MR) is 143 cm³/mol. The lowest BCUT2D eigenvalue weighted by Gasteiger charge is -2.20. The molecule has 4 rings (SSSR count). The molecule has 0 aliphatic carbocycles. The summed E-state index contributed by atoms with van der Waals surface area (Å²) in [6, 6.07) is 8.45. The molecule has 0 spiro atoms. The Kier molecular flexibility index (Phi) is 9.97. The van der Waals surface area contributed by atoms with Crippen molar-refractivity contribution in [2.45, 2.75) is 47.7 Å². The molecule has 2 fully saturated rings. The van der Waals surface area contributed by atoms with Crippen molar-refractivity contribution in [1.29, 1.82) is 0 Å². The van der Waals surface area contributed by atoms with E-state index in [-0.39, 0.29) is 33.0 Å². The van der Waals surface area contributed by atoms with E-state index in [2.05, 4.69) is 9.80 Å². The first-order valence-corrected chi connectivity index (χ1v) is 14.9. The molecule has 11 heteroatoms. The van der Waals surface area contributed by atoms with Crippen LogP contribution in [0, 0.1) is 0 Å². The summed E-state index contributed by atoms with van der Waals surface area (Å²) in [7, 11) is -3.90. The third-order valence-corrected chi connectivity index (χ3v) is 8.96. The maximum atomic E-state index is 13.2. The molecule has 2 heterocycles. The molecule has 0 saturated carbocycles. The van der Waals surface area contributed by atoms with E-state index in [1.54, 1.807) is 0 Å². The summed E-state index contributed by atoms with van der Waals surface area (Å²) < 4.78 is 37.7. The Morgan fingerprint density at radius 3 is 1.46 bits per heavy atom. The summed E-state index contributed by atoms with van der Waals surface area (Å²) in [5.41, 5.74) is 0. The van der Waals surface area contributed by atoms with E-state index >= 15 is 0 Å². The van der Waals surface area contributed by atoms with Gasteiger partial charge in [-0.3, -0.25) is 0 Å². The van der Waals surface area contributed by atoms with Crippen molar-refractivity contribution in [3.8, 4) is 11.5 Å². The predicted octanol–water partition coefficient (Wildman–Crippen LogP) is 3.50. The summed E-state index contributed by atoms with van der Waals surface area (Å²) in [6.07, 6.45) is 3.22. The molecule has 2 atom stereocenters. The lowest BCUT2D eigenvalue weighted by atomic mass is 10.3. The molecular formula is C26H34Cl2N2O6S. The van der Waals surface area contributed by atoms with Crippen molar-refractivity contribution < 1.29 is 28.1 Å². The number of nitrogens with zero attached hydrogens (tertiary/aromatic N) is 2. The van der Waals surface area contributed by atoms with Crippen LogP contribution in [0.4, 0.5) is 0 Å². The van der Waals surface area contributed by atoms with Gasteiger partial charge in [-0.05, 0) is 88.3 Å². The van der Waals surface area contributed by atoms with Crippen LogP contribution in [0.2, 0.25) is 10.0 Å². The second-order valence-corrected chi connectivity index (χ2v) is 12.4. The monoisotopic (exact) mass is 572 g/mol. The van der Waals surface area contributed by atoms with E-state index in [9.17, 15) is 18.6 Å². The first kappa shape index (κ1) is 28.4. The highest BCUT2D eigenvalue weighted by Crippen LogP contribution is 2.33. The first-order valence-electron chi connectivity index (χ1n) is 12.6. The number of aliphatic hydroxyl groups is 2. The largest absolute Gasteiger partial charge is 0.489 e. The molecule has 2 aliphatic heterocycles. The smallest absolute Gasteiger partial charge is 0.206 e. The zero-order chi connectivity index (χ0) is 26.4. The Morgan fingerprint density at radius 1 is 0.730 bits per heavy atom. The van der Waals surface area contributed by atoms with Crippen LogP contribution in [0.5, 0.6) is 11.5 Å². The molecule has 0 unspecified atom stereocenters. The maximum absolute atomic E-state index is 13.2. The van der Waals surface area contributed by atoms with Gasteiger partial charge in [-0.25, -0.2) is 8.42 Å². The van der Waals surface area contributed by atoms with Gasteiger partial charge in [-0.1, -0.05) is 23.2 Å². The van der Waals surface area contributed by atoms with Crippen molar-refractivity contribution in [3.63, 3.8) is 0 Å². The van der Waals surface area contributed by atoms with Crippen LogP contribution in [0.3, 0.4) is 0 Å². The Bertz CT molecular complexity index is 1070. The number of ether oxygens (including phenoxy) is 2. The van der Waals surface area contributed by atoms with E-state index in [0.29, 0.717) is 24.6 Å². The Morgan fingerprint density at radius 2 is 1.11 bits per heavy atom. The summed E-state index contributed by atoms with van der Waals surface area (Å²) >= 11 is 12.6. The average Bonchev–Trinajstić information content (AvgIpc) is 3.57. The topological polar surface area (TPSA) is 99.5 Å². The molecule has 2 N–H and O–H groups in total. The summed E-state index contributed by atoms with van der Waals surface area (Å²) in [5, 5.41) is 20.7. The Hall–Kier alpha value is -1.59. The molecule has 2 aromatic carbocycles. The first-order chi connectivity index (χ1) is 17.7. The van der Waals surface area contributed by atoms with E-state index in [0.717, 1.165) is 51.9 Å². The second-order valence-electron chi connectivity index (χ2n) is 9.63. The van der Waals surface area contributed by atoms with E-state index < -0.39 is 22.0 Å². The van der Waals surface area contributed by atoms with Crippen molar-refractivity contribution >= 4 is 33.0 Å². The summed E-state index contributed by atoms with van der Waals surface area (Å²) in [4.78, 5) is 4.36. The highest BCUT2D eigenvalue weighted by molar-refractivity contribution is 7.91. The lowest BCUT2D eigenvalue weighted by Crippen LogP contribution is -2.33.